The molecule has 2 heterocycles. The first-order chi connectivity index (χ1) is 8.70. The van der Waals surface area contributed by atoms with Crippen molar-refractivity contribution in [3.8, 4) is 0 Å². The van der Waals surface area contributed by atoms with Gasteiger partial charge in [0.05, 0.1) is 18.5 Å². The third kappa shape index (κ3) is 2.80. The fraction of sp³-hybridized carbons (Fsp3) is 0.273. The van der Waals surface area contributed by atoms with Gasteiger partial charge in [0, 0.05) is 0 Å². The van der Waals surface area contributed by atoms with Crippen LogP contribution >= 0.6 is 11.3 Å². The first-order valence-electron chi connectivity index (χ1n) is 5.41. The van der Waals surface area contributed by atoms with Gasteiger partial charge in [-0.3, -0.25) is 0 Å². The van der Waals surface area contributed by atoms with Gasteiger partial charge in [-0.1, -0.05) is 11.3 Å². The Morgan fingerprint density at radius 2 is 2.44 bits per heavy atom. The minimum Gasteiger partial charge on any atom is -0.462 e. The largest absolute Gasteiger partial charge is 0.462 e. The summed E-state index contributed by atoms with van der Waals surface area (Å²) in [6, 6.07) is 0. The number of aromatic nitrogens is 1. The van der Waals surface area contributed by atoms with E-state index >= 15 is 0 Å². The molecule has 1 aliphatic heterocycles. The van der Waals surface area contributed by atoms with Gasteiger partial charge in [0.25, 0.3) is 0 Å². The quantitative estimate of drug-likeness (QED) is 0.844. The van der Waals surface area contributed by atoms with E-state index in [4.69, 9.17) is 9.57 Å². The van der Waals surface area contributed by atoms with E-state index in [0.717, 1.165) is 0 Å². The molecular weight excluding hydrogens is 254 g/mol. The number of carbonyl (C=O) groups is 1. The fourth-order valence-electron chi connectivity index (χ4n) is 1.30. The van der Waals surface area contributed by atoms with Crippen molar-refractivity contribution in [2.24, 2.45) is 0 Å². The lowest BCUT2D eigenvalue weighted by Crippen LogP contribution is -2.23. The molecule has 0 fully saturated rings. The summed E-state index contributed by atoms with van der Waals surface area (Å²) in [6.07, 6.45) is 6.79. The second-order valence-electron chi connectivity index (χ2n) is 3.37. The van der Waals surface area contributed by atoms with E-state index in [1.54, 1.807) is 26.1 Å². The lowest BCUT2D eigenvalue weighted by atomic mass is 10.4. The zero-order chi connectivity index (χ0) is 13.0. The lowest BCUT2D eigenvalue weighted by molar-refractivity contribution is -0.0353. The standard InChI is InChI=1S/C11H13N3O3S/c1-3-16-10(15)9-8(2)12-11(18-9)13-14-6-4-5-7-17-14/h4-7H,3H2,1-2H3,(H,12,13). The minimum atomic E-state index is -0.351. The zero-order valence-electron chi connectivity index (χ0n) is 10.0. The molecule has 1 aliphatic rings. The lowest BCUT2D eigenvalue weighted by Gasteiger charge is -2.19. The number of rotatable bonds is 4. The predicted molar refractivity (Wildman–Crippen MR) is 67.6 cm³/mol. The Morgan fingerprint density at radius 1 is 1.61 bits per heavy atom. The monoisotopic (exact) mass is 267 g/mol. The van der Waals surface area contributed by atoms with Crippen molar-refractivity contribution in [1.82, 2.24) is 10.2 Å². The van der Waals surface area contributed by atoms with Gasteiger partial charge in [0.1, 0.15) is 11.1 Å². The summed E-state index contributed by atoms with van der Waals surface area (Å²) in [5.74, 6) is -0.351. The Bertz CT molecular complexity index is 496. The molecule has 0 spiro atoms. The molecule has 0 amide bonds. The third-order valence-electron chi connectivity index (χ3n) is 2.05. The van der Waals surface area contributed by atoms with Crippen LogP contribution in [0.4, 0.5) is 5.13 Å². The van der Waals surface area contributed by atoms with Gasteiger partial charge >= 0.3 is 5.97 Å². The van der Waals surface area contributed by atoms with Crippen LogP contribution in [-0.4, -0.2) is 22.7 Å². The van der Waals surface area contributed by atoms with E-state index in [1.807, 2.05) is 6.08 Å². The van der Waals surface area contributed by atoms with Crippen molar-refractivity contribution in [2.75, 3.05) is 12.0 Å². The number of ether oxygens (including phenoxy) is 1. The van der Waals surface area contributed by atoms with Crippen LogP contribution in [0.5, 0.6) is 0 Å². The van der Waals surface area contributed by atoms with Gasteiger partial charge < -0.3 is 9.57 Å². The number of hydroxylamine groups is 1. The van der Waals surface area contributed by atoms with E-state index in [2.05, 4.69) is 10.4 Å². The second-order valence-corrected chi connectivity index (χ2v) is 4.37. The fourth-order valence-corrected chi connectivity index (χ4v) is 2.14. The summed E-state index contributed by atoms with van der Waals surface area (Å²) in [6.45, 7) is 3.88. The maximum Gasteiger partial charge on any atom is 0.350 e. The molecule has 7 heteroatoms. The van der Waals surface area contributed by atoms with Gasteiger partial charge in [-0.15, -0.1) is 5.17 Å². The topological polar surface area (TPSA) is 63.7 Å². The predicted octanol–water partition coefficient (Wildman–Crippen LogP) is 2.23. The maximum absolute atomic E-state index is 11.6. The number of thiazole rings is 1. The molecule has 0 atom stereocenters. The summed E-state index contributed by atoms with van der Waals surface area (Å²) >= 11 is 1.22. The highest BCUT2D eigenvalue weighted by Gasteiger charge is 2.17. The minimum absolute atomic E-state index is 0.349. The van der Waals surface area contributed by atoms with Crippen LogP contribution in [0, 0.1) is 6.92 Å². The van der Waals surface area contributed by atoms with Crippen LogP contribution in [0.25, 0.3) is 0 Å². The molecule has 0 aliphatic carbocycles. The van der Waals surface area contributed by atoms with Crippen molar-refractivity contribution in [3.63, 3.8) is 0 Å². The van der Waals surface area contributed by atoms with E-state index in [9.17, 15) is 4.79 Å². The van der Waals surface area contributed by atoms with Crippen LogP contribution in [0.3, 0.4) is 0 Å². The first-order valence-corrected chi connectivity index (χ1v) is 6.23. The van der Waals surface area contributed by atoms with Crippen LogP contribution in [-0.2, 0) is 9.57 Å². The summed E-state index contributed by atoms with van der Waals surface area (Å²) in [5, 5.41) is 1.96. The molecule has 0 bridgehead atoms. The normalized spacial score (nSPS) is 13.3. The number of hydrogen-bond acceptors (Lipinski definition) is 7. The molecule has 1 aromatic rings. The van der Waals surface area contributed by atoms with Gasteiger partial charge in [0.2, 0.25) is 5.13 Å². The molecule has 1 aromatic heterocycles. The number of nitrogens with zero attached hydrogens (tertiary/aromatic N) is 2. The zero-order valence-corrected chi connectivity index (χ0v) is 10.9. The van der Waals surface area contributed by atoms with E-state index in [-0.39, 0.29) is 5.97 Å². The Hall–Kier alpha value is -2.02. The van der Waals surface area contributed by atoms with Gasteiger partial charge in [-0.25, -0.2) is 15.2 Å². The van der Waals surface area contributed by atoms with E-state index < -0.39 is 0 Å². The molecule has 0 aromatic carbocycles. The number of nitrogens with one attached hydrogen (secondary N) is 1. The Kier molecular flexibility index (Phi) is 3.83. The average Bonchev–Trinajstić information content (AvgIpc) is 2.72. The van der Waals surface area contributed by atoms with Crippen LogP contribution in [0.15, 0.2) is 24.6 Å². The van der Waals surface area contributed by atoms with Crippen molar-refractivity contribution in [3.05, 3.63) is 35.2 Å². The summed E-state index contributed by atoms with van der Waals surface area (Å²) in [7, 11) is 0. The van der Waals surface area contributed by atoms with Crippen molar-refractivity contribution >= 4 is 22.4 Å². The molecule has 2 rings (SSSR count). The van der Waals surface area contributed by atoms with E-state index in [1.165, 1.54) is 22.8 Å². The van der Waals surface area contributed by atoms with Gasteiger partial charge in [-0.05, 0) is 26.0 Å². The van der Waals surface area contributed by atoms with Gasteiger partial charge in [-0.2, -0.15) is 0 Å². The van der Waals surface area contributed by atoms with Crippen molar-refractivity contribution < 1.29 is 14.4 Å². The smallest absolute Gasteiger partial charge is 0.350 e. The number of carbonyl (C=O) groups excluding carboxylic acids is 1. The highest BCUT2D eigenvalue weighted by Crippen LogP contribution is 2.24. The van der Waals surface area contributed by atoms with E-state index in [0.29, 0.717) is 22.3 Å². The Balaban J connectivity index is 2.06. The number of esters is 1. The molecule has 1 N–H and O–H groups in total. The third-order valence-corrected chi connectivity index (χ3v) is 3.09. The number of hydrogen-bond donors (Lipinski definition) is 1. The van der Waals surface area contributed by atoms with Crippen molar-refractivity contribution in [2.45, 2.75) is 13.8 Å². The molecule has 96 valence electrons. The molecule has 0 saturated carbocycles. The van der Waals surface area contributed by atoms with Crippen LogP contribution < -0.4 is 5.43 Å². The number of aryl methyl sites for hydroxylation is 1. The number of allylic oxidation sites excluding steroid dienone is 2. The van der Waals surface area contributed by atoms with Crippen LogP contribution in [0.1, 0.15) is 22.3 Å². The first kappa shape index (κ1) is 12.4. The molecule has 0 saturated heterocycles. The summed E-state index contributed by atoms with van der Waals surface area (Å²) in [5.41, 5.74) is 3.55. The maximum atomic E-state index is 11.6. The number of hydrazine groups is 1. The Labute approximate surface area is 108 Å². The number of anilines is 1. The Morgan fingerprint density at radius 3 is 3.11 bits per heavy atom. The average molecular weight is 267 g/mol. The second kappa shape index (κ2) is 5.54. The molecular formula is C11H13N3O3S. The SMILES string of the molecule is CCOC(=O)c1sc(NN2C=CC=CO2)nc1C. The van der Waals surface area contributed by atoms with Gasteiger partial charge in [0.15, 0.2) is 0 Å². The molecule has 0 unspecified atom stereocenters. The summed E-state index contributed by atoms with van der Waals surface area (Å²) < 4.78 is 4.95. The highest BCUT2D eigenvalue weighted by molar-refractivity contribution is 7.17. The van der Waals surface area contributed by atoms with Crippen molar-refractivity contribution in [1.29, 1.82) is 0 Å². The van der Waals surface area contributed by atoms with Crippen LogP contribution in [0.2, 0.25) is 0 Å². The summed E-state index contributed by atoms with van der Waals surface area (Å²) in [4.78, 5) is 21.5. The molecule has 6 nitrogen and oxygen atoms in total. The molecule has 0 radical (unpaired) electrons. The highest BCUT2D eigenvalue weighted by atomic mass is 32.1. The molecule has 18 heavy (non-hydrogen) atoms.